The topological polar surface area (TPSA) is 76.2 Å². The van der Waals surface area contributed by atoms with Gasteiger partial charge in [-0.05, 0) is 31.7 Å². The van der Waals surface area contributed by atoms with Gasteiger partial charge in [0.2, 0.25) is 0 Å². The molecule has 28 heavy (non-hydrogen) atoms. The summed E-state index contributed by atoms with van der Waals surface area (Å²) >= 11 is 1.70. The zero-order chi connectivity index (χ0) is 19.7. The van der Waals surface area contributed by atoms with Crippen LogP contribution in [0.15, 0.2) is 10.9 Å². The lowest BCUT2D eigenvalue weighted by atomic mass is 9.89. The van der Waals surface area contributed by atoms with Crippen molar-refractivity contribution in [1.82, 2.24) is 9.97 Å². The number of halogens is 2. The Morgan fingerprint density at radius 1 is 1.32 bits per heavy atom. The number of aromatic nitrogens is 2. The first-order chi connectivity index (χ1) is 13.5. The number of hydrogen-bond acceptors (Lipinski definition) is 6. The average molecular weight is 411 g/mol. The number of methoxy groups -OCH3 is 1. The molecule has 0 spiro atoms. The first-order valence-corrected chi connectivity index (χ1v) is 10.5. The van der Waals surface area contributed by atoms with E-state index in [0.717, 1.165) is 38.9 Å². The summed E-state index contributed by atoms with van der Waals surface area (Å²) in [5.74, 6) is -1.24. The third-order valence-corrected chi connectivity index (χ3v) is 6.72. The van der Waals surface area contributed by atoms with Crippen molar-refractivity contribution in [3.05, 3.63) is 33.9 Å². The maximum Gasteiger partial charge on any atom is 0.261 e. The molecule has 1 aliphatic heterocycles. The fraction of sp³-hybridized carbons (Fsp3) is 0.579. The molecule has 2 aromatic rings. The third-order valence-electron chi connectivity index (χ3n) is 5.34. The molecule has 4 rings (SSSR count). The Morgan fingerprint density at radius 3 is 2.79 bits per heavy atom. The highest BCUT2D eigenvalue weighted by molar-refractivity contribution is 7.99. The van der Waals surface area contributed by atoms with Crippen LogP contribution in [-0.2, 0) is 15.2 Å². The van der Waals surface area contributed by atoms with Crippen LogP contribution in [0.3, 0.4) is 0 Å². The van der Waals surface area contributed by atoms with Gasteiger partial charge in [0.25, 0.3) is 5.56 Å². The van der Waals surface area contributed by atoms with Crippen LogP contribution in [0, 0.1) is 11.6 Å². The minimum absolute atomic E-state index is 0.0156. The van der Waals surface area contributed by atoms with Crippen molar-refractivity contribution in [2.75, 3.05) is 25.6 Å². The maximum absolute atomic E-state index is 14.5. The van der Waals surface area contributed by atoms with E-state index in [0.29, 0.717) is 16.8 Å². The second kappa shape index (κ2) is 8.34. The van der Waals surface area contributed by atoms with Crippen LogP contribution in [0.2, 0.25) is 0 Å². The monoisotopic (exact) mass is 411 g/mol. The average Bonchev–Trinajstić information content (AvgIpc) is 2.66. The van der Waals surface area contributed by atoms with Gasteiger partial charge in [-0.15, -0.1) is 0 Å². The van der Waals surface area contributed by atoms with Crippen molar-refractivity contribution in [3.8, 4) is 0 Å². The summed E-state index contributed by atoms with van der Waals surface area (Å²) in [6.07, 6.45) is 3.51. The molecule has 0 unspecified atom stereocenters. The molecule has 0 radical (unpaired) electrons. The summed E-state index contributed by atoms with van der Waals surface area (Å²) in [6.45, 7) is 1.48. The molecule has 0 bridgehead atoms. The zero-order valence-electron chi connectivity index (χ0n) is 15.6. The Balaban J connectivity index is 1.56. The highest BCUT2D eigenvalue weighted by atomic mass is 32.2. The van der Waals surface area contributed by atoms with Gasteiger partial charge in [0.1, 0.15) is 11.2 Å². The first kappa shape index (κ1) is 19.6. The molecule has 6 nitrogen and oxygen atoms in total. The number of aromatic amines is 1. The van der Waals surface area contributed by atoms with Crippen molar-refractivity contribution in [1.29, 1.82) is 0 Å². The molecule has 1 aromatic heterocycles. The normalized spacial score (nSPS) is 23.0. The maximum atomic E-state index is 14.5. The highest BCUT2D eigenvalue weighted by Gasteiger charge is 2.30. The van der Waals surface area contributed by atoms with Crippen molar-refractivity contribution in [2.45, 2.75) is 48.8 Å². The number of thioether (sulfide) groups is 1. The number of nitrogens with one attached hydrogen (secondary N) is 2. The first-order valence-electron chi connectivity index (χ1n) is 9.44. The van der Waals surface area contributed by atoms with Crippen LogP contribution < -0.4 is 10.9 Å². The van der Waals surface area contributed by atoms with Gasteiger partial charge in [-0.1, -0.05) is 0 Å². The van der Waals surface area contributed by atoms with Crippen LogP contribution in [0.5, 0.6) is 0 Å². The summed E-state index contributed by atoms with van der Waals surface area (Å²) in [5.41, 5.74) is -0.459. The Morgan fingerprint density at radius 2 is 2.07 bits per heavy atom. The fourth-order valence-electron chi connectivity index (χ4n) is 3.59. The molecular formula is C19H23F2N3O3S. The van der Waals surface area contributed by atoms with Crippen LogP contribution in [0.4, 0.5) is 14.5 Å². The predicted molar refractivity (Wildman–Crippen MR) is 105 cm³/mol. The fourth-order valence-corrected chi connectivity index (χ4v) is 4.65. The lowest BCUT2D eigenvalue weighted by molar-refractivity contribution is 0.0328. The minimum Gasteiger partial charge on any atom is -0.381 e. The Bertz CT molecular complexity index is 911. The summed E-state index contributed by atoms with van der Waals surface area (Å²) in [6, 6.07) is 1.44. The number of nitrogens with zero attached hydrogens (tertiary/aromatic N) is 1. The lowest BCUT2D eigenvalue weighted by Crippen LogP contribution is -2.40. The second-order valence-electron chi connectivity index (χ2n) is 7.25. The SMILES string of the molecule is CO[C@H]1C[C@@H](Nc2cc3nc(CSC4CCOCC4)[nH]c(=O)c3c(F)c2F)C1. The Kier molecular flexibility index (Phi) is 5.84. The number of benzene rings is 1. The van der Waals surface area contributed by atoms with E-state index in [4.69, 9.17) is 9.47 Å². The number of anilines is 1. The zero-order valence-corrected chi connectivity index (χ0v) is 16.4. The molecule has 152 valence electrons. The Labute approximate surface area is 165 Å². The molecule has 9 heteroatoms. The van der Waals surface area contributed by atoms with Crippen molar-refractivity contribution in [3.63, 3.8) is 0 Å². The van der Waals surface area contributed by atoms with Gasteiger partial charge in [0.15, 0.2) is 11.6 Å². The van der Waals surface area contributed by atoms with Gasteiger partial charge in [-0.3, -0.25) is 4.79 Å². The summed E-state index contributed by atoms with van der Waals surface area (Å²) in [4.78, 5) is 19.3. The summed E-state index contributed by atoms with van der Waals surface area (Å²) in [7, 11) is 1.63. The van der Waals surface area contributed by atoms with E-state index in [1.807, 2.05) is 0 Å². The van der Waals surface area contributed by atoms with Gasteiger partial charge < -0.3 is 19.8 Å². The number of hydrogen-bond donors (Lipinski definition) is 2. The third kappa shape index (κ3) is 4.01. The van der Waals surface area contributed by atoms with Gasteiger partial charge >= 0.3 is 0 Å². The molecule has 2 heterocycles. The van der Waals surface area contributed by atoms with E-state index < -0.39 is 17.2 Å². The van der Waals surface area contributed by atoms with Crippen LogP contribution >= 0.6 is 11.8 Å². The number of H-pyrrole nitrogens is 1. The number of fused-ring (bicyclic) bond motifs is 1. The summed E-state index contributed by atoms with van der Waals surface area (Å²) in [5, 5.41) is 3.11. The molecule has 2 N–H and O–H groups in total. The van der Waals surface area contributed by atoms with Crippen LogP contribution in [0.25, 0.3) is 10.9 Å². The van der Waals surface area contributed by atoms with E-state index in [9.17, 15) is 13.6 Å². The van der Waals surface area contributed by atoms with Crippen molar-refractivity contribution in [2.24, 2.45) is 0 Å². The molecular weight excluding hydrogens is 388 g/mol. The van der Waals surface area contributed by atoms with Crippen molar-refractivity contribution >= 4 is 28.4 Å². The van der Waals surface area contributed by atoms with Gasteiger partial charge in [0, 0.05) is 31.6 Å². The summed E-state index contributed by atoms with van der Waals surface area (Å²) < 4.78 is 39.5. The predicted octanol–water partition coefficient (Wildman–Crippen LogP) is 3.20. The van der Waals surface area contributed by atoms with Gasteiger partial charge in [0.05, 0.1) is 23.1 Å². The van der Waals surface area contributed by atoms with Crippen molar-refractivity contribution < 1.29 is 18.3 Å². The van der Waals surface area contributed by atoms with Crippen LogP contribution in [0.1, 0.15) is 31.5 Å². The number of rotatable bonds is 6. The molecule has 0 amide bonds. The smallest absolute Gasteiger partial charge is 0.261 e. The molecule has 0 atom stereocenters. The van der Waals surface area contributed by atoms with E-state index >= 15 is 0 Å². The lowest BCUT2D eigenvalue weighted by Gasteiger charge is -2.35. The Hall–Kier alpha value is -1.71. The quantitative estimate of drug-likeness (QED) is 0.760. The standard InChI is InChI=1S/C19H23F2N3O3S/c1-26-11-6-10(7-11)22-14-8-13-16(18(21)17(14)20)19(25)24-15(23-13)9-28-12-2-4-27-5-3-12/h8,10-12,22H,2-7,9H2,1H3,(H,23,24,25)/t10-,11+. The molecule has 2 fully saturated rings. The highest BCUT2D eigenvalue weighted by Crippen LogP contribution is 2.31. The molecule has 1 saturated heterocycles. The largest absolute Gasteiger partial charge is 0.381 e. The number of ether oxygens (including phenoxy) is 2. The van der Waals surface area contributed by atoms with E-state index in [1.165, 1.54) is 6.07 Å². The molecule has 1 aliphatic carbocycles. The van der Waals surface area contributed by atoms with E-state index in [-0.39, 0.29) is 28.7 Å². The van der Waals surface area contributed by atoms with Crippen LogP contribution in [-0.4, -0.2) is 47.7 Å². The van der Waals surface area contributed by atoms with Gasteiger partial charge in [-0.2, -0.15) is 11.8 Å². The molecule has 2 aliphatic rings. The molecule has 1 aromatic carbocycles. The van der Waals surface area contributed by atoms with Gasteiger partial charge in [-0.25, -0.2) is 13.8 Å². The minimum atomic E-state index is -1.17. The second-order valence-corrected chi connectivity index (χ2v) is 8.54. The van der Waals surface area contributed by atoms with E-state index in [1.54, 1.807) is 18.9 Å². The molecule has 1 saturated carbocycles. The van der Waals surface area contributed by atoms with E-state index in [2.05, 4.69) is 15.3 Å².